The molecule has 1 fully saturated rings. The first kappa shape index (κ1) is 7.79. The fourth-order valence-electron chi connectivity index (χ4n) is 0.362. The highest BCUT2D eigenvalue weighted by atomic mass is 33.2. The summed E-state index contributed by atoms with van der Waals surface area (Å²) in [5.41, 5.74) is 0. The van der Waals surface area contributed by atoms with E-state index in [1.54, 1.807) is 0 Å². The van der Waals surface area contributed by atoms with Crippen molar-refractivity contribution in [2.75, 3.05) is 6.61 Å². The summed E-state index contributed by atoms with van der Waals surface area (Å²) in [6, 6.07) is 0. The van der Waals surface area contributed by atoms with E-state index in [9.17, 15) is 17.4 Å². The molecule has 0 aromatic rings. The predicted octanol–water partition coefficient (Wildman–Crippen LogP) is -1.96. The molecular weight excluding hydrogens is 182 g/mol. The third kappa shape index (κ3) is 1.24. The molecule has 0 bridgehead atoms. The van der Waals surface area contributed by atoms with Crippen LogP contribution in [-0.2, 0) is 28.5 Å². The summed E-state index contributed by atoms with van der Waals surface area (Å²) in [4.78, 5) is 15.9. The van der Waals surface area contributed by atoms with Crippen molar-refractivity contribution in [3.63, 3.8) is 0 Å². The molecule has 1 atom stereocenters. The van der Waals surface area contributed by atoms with E-state index < -0.39 is 30.6 Å². The lowest BCUT2D eigenvalue weighted by molar-refractivity contribution is -0.116. The van der Waals surface area contributed by atoms with Gasteiger partial charge in [-0.05, 0) is 0 Å². The molecule has 6 nitrogen and oxygen atoms in total. The molecule has 0 aliphatic carbocycles. The van der Waals surface area contributed by atoms with Crippen molar-refractivity contribution in [1.29, 1.82) is 0 Å². The first-order chi connectivity index (χ1) is 4.54. The van der Waals surface area contributed by atoms with Crippen molar-refractivity contribution >= 4 is 24.0 Å². The zero-order chi connectivity index (χ0) is 7.78. The van der Waals surface area contributed by atoms with Crippen LogP contribution in [0.3, 0.4) is 0 Å². The normalized spacial score (nSPS) is 32.0. The minimum absolute atomic E-state index is 0.480. The van der Waals surface area contributed by atoms with E-state index in [4.69, 9.17) is 0 Å². The van der Waals surface area contributed by atoms with Crippen LogP contribution in [0.25, 0.3) is 0 Å². The third-order valence-electron chi connectivity index (χ3n) is 0.736. The van der Waals surface area contributed by atoms with Crippen molar-refractivity contribution in [2.24, 2.45) is 0 Å². The summed E-state index contributed by atoms with van der Waals surface area (Å²) in [5, 5.41) is -0.946. The monoisotopic (exact) mass is 185 g/mol. The molecular formula is C2H3NO5S2. The Labute approximate surface area is 58.4 Å². The van der Waals surface area contributed by atoms with Crippen LogP contribution in [0.1, 0.15) is 0 Å². The average molecular weight is 185 g/mol. The second-order valence-electron chi connectivity index (χ2n) is 1.43. The van der Waals surface area contributed by atoms with E-state index in [2.05, 4.69) is 4.84 Å². The van der Waals surface area contributed by atoms with Crippen molar-refractivity contribution in [3.8, 4) is 0 Å². The second kappa shape index (κ2) is 2.38. The number of rotatable bonds is 0. The van der Waals surface area contributed by atoms with E-state index in [1.165, 1.54) is 4.89 Å². The minimum atomic E-state index is -4.06. The van der Waals surface area contributed by atoms with Gasteiger partial charge in [0.1, 0.15) is 6.61 Å². The van der Waals surface area contributed by atoms with Crippen LogP contribution < -0.4 is 4.89 Å². The lowest BCUT2D eigenvalue weighted by Gasteiger charge is -2.09. The molecule has 0 aromatic heterocycles. The predicted molar refractivity (Wildman–Crippen MR) is 31.2 cm³/mol. The zero-order valence-corrected chi connectivity index (χ0v) is 6.20. The summed E-state index contributed by atoms with van der Waals surface area (Å²) >= 11 is 0. The van der Waals surface area contributed by atoms with Crippen LogP contribution in [0.15, 0.2) is 0 Å². The molecule has 8 heteroatoms. The summed E-state index contributed by atoms with van der Waals surface area (Å²) in [7, 11) is -6.56. The van der Waals surface area contributed by atoms with Gasteiger partial charge in [0.15, 0.2) is 0 Å². The van der Waals surface area contributed by atoms with Gasteiger partial charge in [-0.3, -0.25) is 9.63 Å². The van der Waals surface area contributed by atoms with Gasteiger partial charge in [-0.15, -0.1) is 0 Å². The standard InChI is InChI=1S/C2H3NO5S2/c4-2-1-8-3-10(6,7)9(2)5/h3H,1H2. The smallest absolute Gasteiger partial charge is 0.281 e. The number of carbonyl (C=O) groups excluding carboxylic acids is 1. The van der Waals surface area contributed by atoms with E-state index in [1.807, 2.05) is 0 Å². The van der Waals surface area contributed by atoms with Crippen molar-refractivity contribution in [3.05, 3.63) is 0 Å². The highest BCUT2D eigenvalue weighted by molar-refractivity contribution is 8.69. The van der Waals surface area contributed by atoms with E-state index in [0.29, 0.717) is 0 Å². The number of nitrogens with one attached hydrogen (secondary N) is 1. The summed E-state index contributed by atoms with van der Waals surface area (Å²) in [6.07, 6.45) is 0. The van der Waals surface area contributed by atoms with Gasteiger partial charge in [-0.1, -0.05) is 4.89 Å². The van der Waals surface area contributed by atoms with Crippen LogP contribution in [0.5, 0.6) is 0 Å². The molecule has 0 aromatic carbocycles. The maximum Gasteiger partial charge on any atom is 0.322 e. The van der Waals surface area contributed by atoms with Crippen molar-refractivity contribution < 1.29 is 22.3 Å². The van der Waals surface area contributed by atoms with Crippen LogP contribution in [0, 0.1) is 0 Å². The lowest BCUT2D eigenvalue weighted by Crippen LogP contribution is -2.39. The van der Waals surface area contributed by atoms with E-state index in [-0.39, 0.29) is 0 Å². The maximum atomic E-state index is 10.5. The minimum Gasteiger partial charge on any atom is -0.281 e. The van der Waals surface area contributed by atoms with Gasteiger partial charge in [-0.25, -0.2) is 4.21 Å². The van der Waals surface area contributed by atoms with Gasteiger partial charge in [0, 0.05) is 0 Å². The second-order valence-corrected chi connectivity index (χ2v) is 5.66. The molecule has 1 aliphatic rings. The van der Waals surface area contributed by atoms with Gasteiger partial charge in [-0.2, -0.15) is 8.42 Å². The molecule has 58 valence electrons. The fourth-order valence-corrected chi connectivity index (χ4v) is 2.24. The highest BCUT2D eigenvalue weighted by Gasteiger charge is 2.32. The Morgan fingerprint density at radius 3 is 2.60 bits per heavy atom. The van der Waals surface area contributed by atoms with Gasteiger partial charge >= 0.3 is 9.06 Å². The maximum absolute atomic E-state index is 10.5. The van der Waals surface area contributed by atoms with Crippen LogP contribution >= 0.6 is 0 Å². The van der Waals surface area contributed by atoms with Crippen LogP contribution in [0.4, 0.5) is 0 Å². The average Bonchev–Trinajstić information content (AvgIpc) is 1.83. The van der Waals surface area contributed by atoms with Crippen molar-refractivity contribution in [1.82, 2.24) is 4.89 Å². The van der Waals surface area contributed by atoms with Gasteiger partial charge in [0.25, 0.3) is 5.12 Å². The molecule has 0 saturated carbocycles. The quantitative estimate of drug-likeness (QED) is 0.443. The first-order valence-corrected chi connectivity index (χ1v) is 5.28. The fraction of sp³-hybridized carbons (Fsp3) is 0.500. The van der Waals surface area contributed by atoms with Gasteiger partial charge in [0.05, 0.1) is 0 Å². The Bertz CT molecular complexity index is 278. The zero-order valence-electron chi connectivity index (χ0n) is 4.56. The molecule has 0 radical (unpaired) electrons. The molecule has 10 heavy (non-hydrogen) atoms. The molecule has 1 saturated heterocycles. The SMILES string of the molecule is O=C1CONS(=O)(=O)S1=O. The summed E-state index contributed by atoms with van der Waals surface area (Å²) in [6.45, 7) is -0.480. The summed E-state index contributed by atoms with van der Waals surface area (Å²) < 4.78 is 31.3. The third-order valence-corrected chi connectivity index (χ3v) is 3.90. The van der Waals surface area contributed by atoms with E-state index >= 15 is 0 Å². The molecule has 1 unspecified atom stereocenters. The van der Waals surface area contributed by atoms with Gasteiger partial charge < -0.3 is 0 Å². The van der Waals surface area contributed by atoms with Crippen LogP contribution in [-0.4, -0.2) is 24.3 Å². The molecule has 1 aliphatic heterocycles. The molecule has 1 heterocycles. The Morgan fingerprint density at radius 2 is 2.20 bits per heavy atom. The van der Waals surface area contributed by atoms with Crippen molar-refractivity contribution in [2.45, 2.75) is 0 Å². The Kier molecular flexibility index (Phi) is 1.86. The number of carbonyl (C=O) groups is 1. The molecule has 0 amide bonds. The number of hydrogen-bond acceptors (Lipinski definition) is 5. The lowest BCUT2D eigenvalue weighted by atomic mass is 10.8. The largest absolute Gasteiger partial charge is 0.322 e. The highest BCUT2D eigenvalue weighted by Crippen LogP contribution is 2.01. The van der Waals surface area contributed by atoms with Crippen LogP contribution in [0.2, 0.25) is 0 Å². The summed E-state index contributed by atoms with van der Waals surface area (Å²) in [5.74, 6) is 0. The first-order valence-electron chi connectivity index (χ1n) is 2.13. The Hall–Kier alpha value is -0.310. The molecule has 1 N–H and O–H groups in total. The topological polar surface area (TPSA) is 89.5 Å². The Balaban J connectivity index is 3.02. The van der Waals surface area contributed by atoms with E-state index in [0.717, 1.165) is 0 Å². The molecule has 0 spiro atoms. The Morgan fingerprint density at radius 1 is 1.60 bits per heavy atom. The molecule has 1 rings (SSSR count). The number of hydrogen-bond donors (Lipinski definition) is 1. The van der Waals surface area contributed by atoms with Gasteiger partial charge in [0.2, 0.25) is 9.83 Å².